The summed E-state index contributed by atoms with van der Waals surface area (Å²) in [6, 6.07) is 0.675. The van der Waals surface area contributed by atoms with Crippen LogP contribution in [0.5, 0.6) is 0 Å². The van der Waals surface area contributed by atoms with Crippen molar-refractivity contribution in [3.05, 3.63) is 36.0 Å². The molecule has 1 aliphatic heterocycles. The van der Waals surface area contributed by atoms with Gasteiger partial charge < -0.3 is 0 Å². The van der Waals surface area contributed by atoms with Crippen LogP contribution in [0.25, 0.3) is 0 Å². The standard InChI is InChI=1S/C19H25NO/c1-2-10-20-11-9-19-8-4-3-5-16(19)18(20)12-14-6-7-15(21)13-17(14)19/h2,6-7,16,18H,1,3-5,8-13H2/t16-,18+,19+/m0/s1. The summed E-state index contributed by atoms with van der Waals surface area (Å²) >= 11 is 0. The number of rotatable bonds is 2. The molecule has 2 bridgehead atoms. The van der Waals surface area contributed by atoms with Crippen LogP contribution >= 0.6 is 0 Å². The van der Waals surface area contributed by atoms with E-state index in [-0.39, 0.29) is 0 Å². The van der Waals surface area contributed by atoms with E-state index in [1.165, 1.54) is 49.8 Å². The van der Waals surface area contributed by atoms with Gasteiger partial charge in [-0.1, -0.05) is 30.6 Å². The van der Waals surface area contributed by atoms with Gasteiger partial charge in [-0.15, -0.1) is 6.58 Å². The van der Waals surface area contributed by atoms with Gasteiger partial charge in [0.05, 0.1) is 0 Å². The molecule has 21 heavy (non-hydrogen) atoms. The second-order valence-corrected chi connectivity index (χ2v) is 7.29. The minimum atomic E-state index is 0.319. The quantitative estimate of drug-likeness (QED) is 0.721. The maximum atomic E-state index is 12.0. The minimum Gasteiger partial charge on any atom is -0.296 e. The molecular formula is C19H25NO. The van der Waals surface area contributed by atoms with Crippen LogP contribution in [0.4, 0.5) is 0 Å². The highest BCUT2D eigenvalue weighted by molar-refractivity contribution is 5.94. The molecule has 0 spiro atoms. The van der Waals surface area contributed by atoms with Crippen molar-refractivity contribution in [2.45, 2.75) is 51.0 Å². The normalized spacial score (nSPS) is 39.0. The zero-order chi connectivity index (χ0) is 14.4. The van der Waals surface area contributed by atoms with Crippen molar-refractivity contribution in [1.29, 1.82) is 0 Å². The van der Waals surface area contributed by atoms with E-state index < -0.39 is 0 Å². The minimum absolute atomic E-state index is 0.319. The molecule has 4 aliphatic rings. The molecular weight excluding hydrogens is 258 g/mol. The molecule has 2 heteroatoms. The Balaban J connectivity index is 1.79. The highest BCUT2D eigenvalue weighted by atomic mass is 16.1. The zero-order valence-electron chi connectivity index (χ0n) is 12.8. The Morgan fingerprint density at radius 1 is 1.33 bits per heavy atom. The van der Waals surface area contributed by atoms with Gasteiger partial charge in [0.1, 0.15) is 0 Å². The van der Waals surface area contributed by atoms with Gasteiger partial charge in [0.2, 0.25) is 0 Å². The molecule has 2 nitrogen and oxygen atoms in total. The number of likely N-dealkylation sites (tertiary alicyclic amines) is 1. The van der Waals surface area contributed by atoms with Crippen LogP contribution in [0.1, 0.15) is 44.9 Å². The fourth-order valence-electron chi connectivity index (χ4n) is 5.64. The summed E-state index contributed by atoms with van der Waals surface area (Å²) in [5, 5.41) is 0. The summed E-state index contributed by atoms with van der Waals surface area (Å²) in [5.74, 6) is 1.09. The van der Waals surface area contributed by atoms with Gasteiger partial charge in [0.15, 0.2) is 5.78 Å². The second kappa shape index (κ2) is 4.95. The molecule has 1 heterocycles. The first-order chi connectivity index (χ1) is 10.2. The van der Waals surface area contributed by atoms with Crippen molar-refractivity contribution >= 4 is 5.78 Å². The van der Waals surface area contributed by atoms with E-state index in [4.69, 9.17) is 0 Å². The topological polar surface area (TPSA) is 20.3 Å². The lowest BCUT2D eigenvalue weighted by atomic mass is 9.51. The van der Waals surface area contributed by atoms with E-state index in [0.717, 1.165) is 18.9 Å². The molecule has 0 amide bonds. The number of allylic oxidation sites excluding steroid dienone is 3. The van der Waals surface area contributed by atoms with E-state index in [1.807, 2.05) is 6.08 Å². The maximum absolute atomic E-state index is 12.0. The van der Waals surface area contributed by atoms with Crippen LogP contribution in [0.3, 0.4) is 0 Å². The molecule has 0 aromatic rings. The van der Waals surface area contributed by atoms with Crippen molar-refractivity contribution < 1.29 is 4.79 Å². The van der Waals surface area contributed by atoms with Gasteiger partial charge in [-0.05, 0) is 55.2 Å². The molecule has 0 aromatic carbocycles. The van der Waals surface area contributed by atoms with Crippen LogP contribution < -0.4 is 0 Å². The van der Waals surface area contributed by atoms with Crippen LogP contribution in [0, 0.1) is 11.3 Å². The van der Waals surface area contributed by atoms with Gasteiger partial charge in [0.25, 0.3) is 0 Å². The molecule has 112 valence electrons. The molecule has 0 aromatic heterocycles. The Bertz CT molecular complexity index is 544. The Kier molecular flexibility index (Phi) is 3.18. The summed E-state index contributed by atoms with van der Waals surface area (Å²) in [6.07, 6.45) is 14.5. The Morgan fingerprint density at radius 3 is 3.10 bits per heavy atom. The molecule has 0 unspecified atom stereocenters. The first-order valence-corrected chi connectivity index (χ1v) is 8.53. The van der Waals surface area contributed by atoms with Crippen molar-refractivity contribution in [2.75, 3.05) is 13.1 Å². The molecule has 3 aliphatic carbocycles. The molecule has 4 rings (SSSR count). The highest BCUT2D eigenvalue weighted by Gasteiger charge is 2.54. The molecule has 3 atom stereocenters. The third-order valence-electron chi connectivity index (χ3n) is 6.48. The van der Waals surface area contributed by atoms with E-state index in [0.29, 0.717) is 23.7 Å². The monoisotopic (exact) mass is 283 g/mol. The Morgan fingerprint density at radius 2 is 2.24 bits per heavy atom. The lowest BCUT2D eigenvalue weighted by molar-refractivity contribution is -0.115. The Labute approximate surface area is 127 Å². The third kappa shape index (κ3) is 1.92. The summed E-state index contributed by atoms with van der Waals surface area (Å²) in [4.78, 5) is 14.6. The van der Waals surface area contributed by atoms with Crippen molar-refractivity contribution in [3.8, 4) is 0 Å². The van der Waals surface area contributed by atoms with Gasteiger partial charge in [-0.25, -0.2) is 0 Å². The molecule has 1 saturated carbocycles. The number of hydrogen-bond donors (Lipinski definition) is 0. The van der Waals surface area contributed by atoms with Crippen LogP contribution in [0.15, 0.2) is 36.0 Å². The molecule has 0 N–H and O–H groups in total. The van der Waals surface area contributed by atoms with Gasteiger partial charge in [0, 0.05) is 19.0 Å². The number of carbonyl (C=O) groups excluding carboxylic acids is 1. The predicted molar refractivity (Wildman–Crippen MR) is 85.0 cm³/mol. The van der Waals surface area contributed by atoms with Crippen molar-refractivity contribution in [2.24, 2.45) is 11.3 Å². The second-order valence-electron chi connectivity index (χ2n) is 7.29. The molecule has 1 saturated heterocycles. The number of nitrogens with zero attached hydrogens (tertiary/aromatic N) is 1. The lowest BCUT2D eigenvalue weighted by Crippen LogP contribution is -2.58. The summed E-state index contributed by atoms with van der Waals surface area (Å²) in [5.41, 5.74) is 3.38. The lowest BCUT2D eigenvalue weighted by Gasteiger charge is -2.60. The number of hydrogen-bond acceptors (Lipinski definition) is 2. The van der Waals surface area contributed by atoms with E-state index in [2.05, 4.69) is 23.6 Å². The summed E-state index contributed by atoms with van der Waals surface area (Å²) in [7, 11) is 0. The average Bonchev–Trinajstić information content (AvgIpc) is 2.51. The van der Waals surface area contributed by atoms with Crippen molar-refractivity contribution in [3.63, 3.8) is 0 Å². The first kappa shape index (κ1) is 13.5. The molecule has 2 fully saturated rings. The average molecular weight is 283 g/mol. The highest BCUT2D eigenvalue weighted by Crippen LogP contribution is 2.60. The molecule has 0 radical (unpaired) electrons. The number of piperidine rings is 1. The van der Waals surface area contributed by atoms with E-state index in [1.54, 1.807) is 0 Å². The fourth-order valence-corrected chi connectivity index (χ4v) is 5.64. The van der Waals surface area contributed by atoms with E-state index in [9.17, 15) is 4.79 Å². The first-order valence-electron chi connectivity index (χ1n) is 8.53. The maximum Gasteiger partial charge on any atom is 0.159 e. The van der Waals surface area contributed by atoms with Gasteiger partial charge in [-0.2, -0.15) is 0 Å². The van der Waals surface area contributed by atoms with Crippen molar-refractivity contribution in [1.82, 2.24) is 4.90 Å². The zero-order valence-corrected chi connectivity index (χ0v) is 12.8. The van der Waals surface area contributed by atoms with Gasteiger partial charge in [-0.3, -0.25) is 9.69 Å². The summed E-state index contributed by atoms with van der Waals surface area (Å²) < 4.78 is 0. The van der Waals surface area contributed by atoms with Crippen LogP contribution in [-0.2, 0) is 4.79 Å². The van der Waals surface area contributed by atoms with E-state index >= 15 is 0 Å². The third-order valence-corrected chi connectivity index (χ3v) is 6.48. The SMILES string of the molecule is C=CCN1CC[C@]23CCCC[C@H]2[C@H]1CC1=C3CC(=O)C=C1. The number of ketones is 1. The smallest absolute Gasteiger partial charge is 0.159 e. The Hall–Kier alpha value is -1.15. The largest absolute Gasteiger partial charge is 0.296 e. The predicted octanol–water partition coefficient (Wildman–Crippen LogP) is 3.65. The number of carbonyl (C=O) groups is 1. The fraction of sp³-hybridized carbons (Fsp3) is 0.632. The van der Waals surface area contributed by atoms with Crippen LogP contribution in [0.2, 0.25) is 0 Å². The van der Waals surface area contributed by atoms with Gasteiger partial charge >= 0.3 is 0 Å². The summed E-state index contributed by atoms with van der Waals surface area (Å²) in [6.45, 7) is 6.14. The van der Waals surface area contributed by atoms with Crippen LogP contribution in [-0.4, -0.2) is 29.8 Å².